The fourth-order valence-corrected chi connectivity index (χ4v) is 2.81. The third kappa shape index (κ3) is 3.60. The standard InChI is InChI=1S/C17H27NO2/c1-5-16-11-20-14(4)9-18(16)10-17(19)15-7-6-12(2)13(3)8-15/h6-8,14,16-17,19H,5,9-11H2,1-4H3. The predicted molar refractivity (Wildman–Crippen MR) is 81.9 cm³/mol. The molecule has 0 spiro atoms. The number of nitrogens with zero attached hydrogens (tertiary/aromatic N) is 1. The van der Waals surface area contributed by atoms with Gasteiger partial charge in [-0.05, 0) is 43.9 Å². The quantitative estimate of drug-likeness (QED) is 0.918. The van der Waals surface area contributed by atoms with Gasteiger partial charge in [-0.25, -0.2) is 0 Å². The molecule has 2 rings (SSSR count). The van der Waals surface area contributed by atoms with Gasteiger partial charge in [-0.15, -0.1) is 0 Å². The summed E-state index contributed by atoms with van der Waals surface area (Å²) < 4.78 is 5.71. The summed E-state index contributed by atoms with van der Waals surface area (Å²) in [6.45, 7) is 10.8. The van der Waals surface area contributed by atoms with Crippen LogP contribution in [-0.4, -0.2) is 41.8 Å². The van der Waals surface area contributed by atoms with Crippen molar-refractivity contribution in [1.29, 1.82) is 0 Å². The van der Waals surface area contributed by atoms with Crippen molar-refractivity contribution >= 4 is 0 Å². The van der Waals surface area contributed by atoms with Gasteiger partial charge in [0.1, 0.15) is 0 Å². The highest BCUT2D eigenvalue weighted by Crippen LogP contribution is 2.22. The van der Waals surface area contributed by atoms with Crippen LogP contribution in [0.25, 0.3) is 0 Å². The van der Waals surface area contributed by atoms with E-state index in [4.69, 9.17) is 4.74 Å². The lowest BCUT2D eigenvalue weighted by molar-refractivity contribution is -0.0681. The van der Waals surface area contributed by atoms with Crippen LogP contribution in [0.4, 0.5) is 0 Å². The molecule has 3 heteroatoms. The highest BCUT2D eigenvalue weighted by molar-refractivity contribution is 5.31. The Morgan fingerprint density at radius 2 is 2.10 bits per heavy atom. The van der Waals surface area contributed by atoms with Crippen LogP contribution in [0.3, 0.4) is 0 Å². The van der Waals surface area contributed by atoms with E-state index in [1.54, 1.807) is 0 Å². The number of hydrogen-bond acceptors (Lipinski definition) is 3. The maximum absolute atomic E-state index is 10.5. The summed E-state index contributed by atoms with van der Waals surface area (Å²) in [7, 11) is 0. The summed E-state index contributed by atoms with van der Waals surface area (Å²) in [4.78, 5) is 2.37. The summed E-state index contributed by atoms with van der Waals surface area (Å²) >= 11 is 0. The van der Waals surface area contributed by atoms with E-state index < -0.39 is 6.10 Å². The van der Waals surface area contributed by atoms with Crippen molar-refractivity contribution in [3.8, 4) is 0 Å². The van der Waals surface area contributed by atoms with Gasteiger partial charge in [0, 0.05) is 19.1 Å². The molecule has 1 N–H and O–H groups in total. The summed E-state index contributed by atoms with van der Waals surface area (Å²) in [5, 5.41) is 10.5. The second-order valence-electron chi connectivity index (χ2n) is 6.02. The molecule has 0 aromatic heterocycles. The number of hydrogen-bond donors (Lipinski definition) is 1. The van der Waals surface area contributed by atoms with E-state index in [0.29, 0.717) is 12.6 Å². The van der Waals surface area contributed by atoms with E-state index in [1.165, 1.54) is 11.1 Å². The normalized spacial score (nSPS) is 25.6. The lowest BCUT2D eigenvalue weighted by atomic mass is 10.0. The molecule has 3 nitrogen and oxygen atoms in total. The van der Waals surface area contributed by atoms with Gasteiger partial charge in [0.05, 0.1) is 18.8 Å². The van der Waals surface area contributed by atoms with Crippen molar-refractivity contribution in [3.05, 3.63) is 34.9 Å². The average molecular weight is 277 g/mol. The smallest absolute Gasteiger partial charge is 0.0917 e. The van der Waals surface area contributed by atoms with E-state index >= 15 is 0 Å². The second-order valence-corrected chi connectivity index (χ2v) is 6.02. The molecule has 1 fully saturated rings. The van der Waals surface area contributed by atoms with Crippen molar-refractivity contribution in [2.24, 2.45) is 0 Å². The molecule has 3 unspecified atom stereocenters. The molecule has 1 heterocycles. The minimum atomic E-state index is -0.423. The lowest BCUT2D eigenvalue weighted by Gasteiger charge is -2.39. The van der Waals surface area contributed by atoms with Crippen molar-refractivity contribution in [2.45, 2.75) is 52.4 Å². The first-order valence-corrected chi connectivity index (χ1v) is 7.62. The topological polar surface area (TPSA) is 32.7 Å². The monoisotopic (exact) mass is 277 g/mol. The maximum atomic E-state index is 10.5. The maximum Gasteiger partial charge on any atom is 0.0917 e. The molecular formula is C17H27NO2. The van der Waals surface area contributed by atoms with Crippen LogP contribution < -0.4 is 0 Å². The molecule has 1 aliphatic rings. The molecule has 0 saturated carbocycles. The summed E-state index contributed by atoms with van der Waals surface area (Å²) in [6, 6.07) is 6.66. The molecule has 1 aromatic carbocycles. The van der Waals surface area contributed by atoms with Crippen molar-refractivity contribution in [2.75, 3.05) is 19.7 Å². The molecular weight excluding hydrogens is 250 g/mol. The Bertz CT molecular complexity index is 447. The zero-order valence-electron chi connectivity index (χ0n) is 13.1. The van der Waals surface area contributed by atoms with Gasteiger partial charge in [-0.3, -0.25) is 4.90 Å². The molecule has 0 amide bonds. The first-order valence-electron chi connectivity index (χ1n) is 7.62. The number of benzene rings is 1. The second kappa shape index (κ2) is 6.70. The average Bonchev–Trinajstić information content (AvgIpc) is 2.42. The van der Waals surface area contributed by atoms with Crippen molar-refractivity contribution in [3.63, 3.8) is 0 Å². The summed E-state index contributed by atoms with van der Waals surface area (Å²) in [5.41, 5.74) is 3.53. The Hall–Kier alpha value is -0.900. The molecule has 1 aromatic rings. The third-order valence-corrected chi connectivity index (χ3v) is 4.38. The molecule has 3 atom stereocenters. The largest absolute Gasteiger partial charge is 0.387 e. The number of β-amino-alcohol motifs (C(OH)–C–C–N with tert-alkyl or cyclic N) is 1. The number of rotatable bonds is 4. The molecule has 112 valence electrons. The summed E-state index contributed by atoms with van der Waals surface area (Å²) in [5.74, 6) is 0. The Balaban J connectivity index is 2.05. The van der Waals surface area contributed by atoms with E-state index in [2.05, 4.69) is 44.7 Å². The highest BCUT2D eigenvalue weighted by atomic mass is 16.5. The van der Waals surface area contributed by atoms with Gasteiger partial charge >= 0.3 is 0 Å². The fraction of sp³-hybridized carbons (Fsp3) is 0.647. The van der Waals surface area contributed by atoms with Crippen LogP contribution in [0.1, 0.15) is 43.1 Å². The van der Waals surface area contributed by atoms with E-state index in [0.717, 1.165) is 25.1 Å². The molecule has 0 aliphatic carbocycles. The molecule has 20 heavy (non-hydrogen) atoms. The van der Waals surface area contributed by atoms with Gasteiger partial charge in [0.25, 0.3) is 0 Å². The van der Waals surface area contributed by atoms with Gasteiger partial charge in [0.2, 0.25) is 0 Å². The number of morpholine rings is 1. The Morgan fingerprint density at radius 1 is 1.35 bits per heavy atom. The Morgan fingerprint density at radius 3 is 2.75 bits per heavy atom. The predicted octanol–water partition coefficient (Wildman–Crippen LogP) is 2.84. The van der Waals surface area contributed by atoms with E-state index in [9.17, 15) is 5.11 Å². The Kier molecular flexibility index (Phi) is 5.19. The minimum absolute atomic E-state index is 0.254. The van der Waals surface area contributed by atoms with Crippen LogP contribution in [0.15, 0.2) is 18.2 Å². The van der Waals surface area contributed by atoms with Gasteiger partial charge in [-0.2, -0.15) is 0 Å². The first kappa shape index (κ1) is 15.5. The van der Waals surface area contributed by atoms with Gasteiger partial charge in [0.15, 0.2) is 0 Å². The van der Waals surface area contributed by atoms with E-state index in [-0.39, 0.29) is 6.10 Å². The van der Waals surface area contributed by atoms with Gasteiger partial charge in [-0.1, -0.05) is 25.1 Å². The number of aliphatic hydroxyl groups excluding tert-OH is 1. The SMILES string of the molecule is CCC1COC(C)CN1CC(O)c1ccc(C)c(C)c1. The molecule has 0 bridgehead atoms. The Labute approximate surface area is 122 Å². The summed E-state index contributed by atoms with van der Waals surface area (Å²) in [6.07, 6.45) is 0.894. The van der Waals surface area contributed by atoms with Crippen LogP contribution in [-0.2, 0) is 4.74 Å². The van der Waals surface area contributed by atoms with Gasteiger partial charge < -0.3 is 9.84 Å². The van der Waals surface area contributed by atoms with Crippen LogP contribution >= 0.6 is 0 Å². The third-order valence-electron chi connectivity index (χ3n) is 4.38. The minimum Gasteiger partial charge on any atom is -0.387 e. The number of ether oxygens (including phenoxy) is 1. The zero-order chi connectivity index (χ0) is 14.7. The lowest BCUT2D eigenvalue weighted by Crippen LogP contribution is -2.49. The number of aliphatic hydroxyl groups is 1. The number of aryl methyl sites for hydroxylation is 2. The van der Waals surface area contributed by atoms with Crippen LogP contribution in [0, 0.1) is 13.8 Å². The van der Waals surface area contributed by atoms with Crippen molar-refractivity contribution < 1.29 is 9.84 Å². The fourth-order valence-electron chi connectivity index (χ4n) is 2.81. The first-order chi connectivity index (χ1) is 9.51. The highest BCUT2D eigenvalue weighted by Gasteiger charge is 2.27. The van der Waals surface area contributed by atoms with Crippen molar-refractivity contribution in [1.82, 2.24) is 4.90 Å². The molecule has 1 saturated heterocycles. The molecule has 0 radical (unpaired) electrons. The molecule has 1 aliphatic heterocycles. The van der Waals surface area contributed by atoms with Crippen LogP contribution in [0.5, 0.6) is 0 Å². The zero-order valence-corrected chi connectivity index (χ0v) is 13.1. The van der Waals surface area contributed by atoms with E-state index in [1.807, 2.05) is 6.07 Å². The van der Waals surface area contributed by atoms with Crippen LogP contribution in [0.2, 0.25) is 0 Å².